The molecule has 0 aromatic heterocycles. The van der Waals surface area contributed by atoms with Crippen LogP contribution >= 0.6 is 0 Å². The average molecular weight is 197 g/mol. The lowest BCUT2D eigenvalue weighted by molar-refractivity contribution is 0.430. The molecule has 3 N–H and O–H groups in total. The summed E-state index contributed by atoms with van der Waals surface area (Å²) in [7, 11) is 0. The van der Waals surface area contributed by atoms with Crippen LogP contribution < -0.4 is 5.73 Å². The Hall–Kier alpha value is -1.09. The summed E-state index contributed by atoms with van der Waals surface area (Å²) in [5, 5.41) is 9.24. The van der Waals surface area contributed by atoms with Crippen molar-refractivity contribution < 1.29 is 9.50 Å². The number of benzene rings is 1. The second-order valence-electron chi connectivity index (χ2n) is 3.64. The van der Waals surface area contributed by atoms with Crippen LogP contribution in [0.4, 0.5) is 4.39 Å². The third-order valence-corrected chi connectivity index (χ3v) is 2.47. The van der Waals surface area contributed by atoms with Gasteiger partial charge >= 0.3 is 0 Å². The molecule has 0 amide bonds. The van der Waals surface area contributed by atoms with Gasteiger partial charge in [-0.1, -0.05) is 6.92 Å². The maximum Gasteiger partial charge on any atom is 0.165 e. The monoisotopic (exact) mass is 197 g/mol. The first-order chi connectivity index (χ1) is 6.56. The van der Waals surface area contributed by atoms with E-state index in [0.717, 1.165) is 17.5 Å². The van der Waals surface area contributed by atoms with Gasteiger partial charge in [0.05, 0.1) is 0 Å². The van der Waals surface area contributed by atoms with Crippen LogP contribution in [0.1, 0.15) is 30.4 Å². The fraction of sp³-hybridized carbons (Fsp3) is 0.455. The molecule has 2 nitrogen and oxygen atoms in total. The molecule has 0 fully saturated rings. The first-order valence-corrected chi connectivity index (χ1v) is 4.75. The predicted molar refractivity (Wildman–Crippen MR) is 54.9 cm³/mol. The largest absolute Gasteiger partial charge is 0.505 e. The molecule has 1 rings (SSSR count). The van der Waals surface area contributed by atoms with Crippen LogP contribution in [0, 0.1) is 12.7 Å². The summed E-state index contributed by atoms with van der Waals surface area (Å²) in [4.78, 5) is 0. The van der Waals surface area contributed by atoms with Gasteiger partial charge in [0.2, 0.25) is 0 Å². The smallest absolute Gasteiger partial charge is 0.165 e. The first-order valence-electron chi connectivity index (χ1n) is 4.75. The Morgan fingerprint density at radius 1 is 1.50 bits per heavy atom. The number of aryl methyl sites for hydroxylation is 1. The minimum absolute atomic E-state index is 0.256. The van der Waals surface area contributed by atoms with E-state index in [1.54, 1.807) is 0 Å². The Morgan fingerprint density at radius 2 is 2.14 bits per heavy atom. The van der Waals surface area contributed by atoms with Crippen molar-refractivity contribution in [3.8, 4) is 5.75 Å². The van der Waals surface area contributed by atoms with Crippen LogP contribution in [-0.4, -0.2) is 11.7 Å². The molecule has 14 heavy (non-hydrogen) atoms. The SMILES string of the molecule is Cc1cc(F)c(O)cc1C(C)CCN. The number of phenols is 1. The van der Waals surface area contributed by atoms with Gasteiger partial charge in [0.25, 0.3) is 0 Å². The summed E-state index contributed by atoms with van der Waals surface area (Å²) in [6, 6.07) is 2.85. The fourth-order valence-electron chi connectivity index (χ4n) is 1.61. The van der Waals surface area contributed by atoms with E-state index in [-0.39, 0.29) is 11.7 Å². The van der Waals surface area contributed by atoms with Crippen LogP contribution in [0.3, 0.4) is 0 Å². The van der Waals surface area contributed by atoms with Gasteiger partial charge in [0.1, 0.15) is 0 Å². The summed E-state index contributed by atoms with van der Waals surface area (Å²) in [5.74, 6) is -0.591. The minimum Gasteiger partial charge on any atom is -0.505 e. The topological polar surface area (TPSA) is 46.2 Å². The lowest BCUT2D eigenvalue weighted by Crippen LogP contribution is -2.06. The molecular weight excluding hydrogens is 181 g/mol. The van der Waals surface area contributed by atoms with Gasteiger partial charge in [-0.25, -0.2) is 4.39 Å². The van der Waals surface area contributed by atoms with Gasteiger partial charge in [-0.15, -0.1) is 0 Å². The summed E-state index contributed by atoms with van der Waals surface area (Å²) < 4.78 is 12.9. The van der Waals surface area contributed by atoms with Gasteiger partial charge in [-0.05, 0) is 49.1 Å². The highest BCUT2D eigenvalue weighted by Crippen LogP contribution is 2.27. The van der Waals surface area contributed by atoms with Crippen LogP contribution in [0.2, 0.25) is 0 Å². The summed E-state index contributed by atoms with van der Waals surface area (Å²) in [6.45, 7) is 4.45. The number of nitrogens with two attached hydrogens (primary N) is 1. The van der Waals surface area contributed by atoms with E-state index < -0.39 is 5.82 Å². The highest BCUT2D eigenvalue weighted by molar-refractivity contribution is 5.37. The van der Waals surface area contributed by atoms with Crippen molar-refractivity contribution in [3.05, 3.63) is 29.1 Å². The van der Waals surface area contributed by atoms with E-state index in [2.05, 4.69) is 0 Å². The normalized spacial score (nSPS) is 12.9. The second-order valence-corrected chi connectivity index (χ2v) is 3.64. The van der Waals surface area contributed by atoms with Crippen LogP contribution in [0.25, 0.3) is 0 Å². The molecule has 0 saturated carbocycles. The summed E-state index contributed by atoms with van der Waals surface area (Å²) in [5.41, 5.74) is 7.28. The zero-order valence-corrected chi connectivity index (χ0v) is 8.55. The van der Waals surface area contributed by atoms with Gasteiger partial charge in [-0.3, -0.25) is 0 Å². The maximum absolute atomic E-state index is 12.9. The van der Waals surface area contributed by atoms with Gasteiger partial charge in [0.15, 0.2) is 11.6 Å². The molecule has 3 heteroatoms. The molecule has 0 aliphatic heterocycles. The van der Waals surface area contributed by atoms with Gasteiger partial charge < -0.3 is 10.8 Å². The molecule has 1 unspecified atom stereocenters. The Balaban J connectivity index is 3.02. The molecular formula is C11H16FNO. The maximum atomic E-state index is 12.9. The van der Waals surface area contributed by atoms with E-state index in [9.17, 15) is 9.50 Å². The number of rotatable bonds is 3. The Kier molecular flexibility index (Phi) is 3.47. The number of hydrogen-bond donors (Lipinski definition) is 2. The number of aromatic hydroxyl groups is 1. The molecule has 0 spiro atoms. The van der Waals surface area contributed by atoms with Crippen molar-refractivity contribution >= 4 is 0 Å². The van der Waals surface area contributed by atoms with Gasteiger partial charge in [-0.2, -0.15) is 0 Å². The molecule has 1 aromatic carbocycles. The molecule has 0 radical (unpaired) electrons. The third kappa shape index (κ3) is 2.23. The van der Waals surface area contributed by atoms with Crippen LogP contribution in [-0.2, 0) is 0 Å². The van der Waals surface area contributed by atoms with Gasteiger partial charge in [0, 0.05) is 0 Å². The molecule has 1 atom stereocenters. The van der Waals surface area contributed by atoms with E-state index in [0.29, 0.717) is 6.54 Å². The summed E-state index contributed by atoms with van der Waals surface area (Å²) >= 11 is 0. The highest BCUT2D eigenvalue weighted by atomic mass is 19.1. The van der Waals surface area contributed by atoms with Crippen molar-refractivity contribution in [1.82, 2.24) is 0 Å². The van der Waals surface area contributed by atoms with Crippen molar-refractivity contribution in [3.63, 3.8) is 0 Å². The standard InChI is InChI=1S/C11H16FNO/c1-7(3-4-13)9-6-11(14)10(12)5-8(9)2/h5-7,14H,3-4,13H2,1-2H3. The molecule has 0 saturated heterocycles. The van der Waals surface area contributed by atoms with Crippen molar-refractivity contribution in [2.24, 2.45) is 5.73 Å². The number of hydrogen-bond acceptors (Lipinski definition) is 2. The predicted octanol–water partition coefficient (Wildman–Crippen LogP) is 2.29. The first kappa shape index (κ1) is 11.0. The Bertz CT molecular complexity index is 325. The lowest BCUT2D eigenvalue weighted by Gasteiger charge is -2.14. The van der Waals surface area contributed by atoms with E-state index in [4.69, 9.17) is 5.73 Å². The number of halogens is 1. The molecule has 0 heterocycles. The fourth-order valence-corrected chi connectivity index (χ4v) is 1.61. The Labute approximate surface area is 83.6 Å². The second kappa shape index (κ2) is 4.42. The van der Waals surface area contributed by atoms with E-state index in [1.807, 2.05) is 13.8 Å². The van der Waals surface area contributed by atoms with Crippen LogP contribution in [0.15, 0.2) is 12.1 Å². The van der Waals surface area contributed by atoms with E-state index in [1.165, 1.54) is 12.1 Å². The third-order valence-electron chi connectivity index (χ3n) is 2.47. The van der Waals surface area contributed by atoms with E-state index >= 15 is 0 Å². The van der Waals surface area contributed by atoms with Crippen LogP contribution in [0.5, 0.6) is 5.75 Å². The quantitative estimate of drug-likeness (QED) is 0.781. The molecule has 0 aliphatic carbocycles. The highest BCUT2D eigenvalue weighted by Gasteiger charge is 2.11. The molecule has 0 bridgehead atoms. The van der Waals surface area contributed by atoms with Crippen molar-refractivity contribution in [2.75, 3.05) is 6.54 Å². The lowest BCUT2D eigenvalue weighted by atomic mass is 9.93. The zero-order chi connectivity index (χ0) is 10.7. The minimum atomic E-state index is -0.564. The van der Waals surface area contributed by atoms with Crippen molar-refractivity contribution in [2.45, 2.75) is 26.2 Å². The molecule has 78 valence electrons. The molecule has 1 aromatic rings. The molecule has 0 aliphatic rings. The Morgan fingerprint density at radius 3 is 2.71 bits per heavy atom. The number of phenolic OH excluding ortho intramolecular Hbond substituents is 1. The average Bonchev–Trinajstić information content (AvgIpc) is 2.11. The zero-order valence-electron chi connectivity index (χ0n) is 8.55. The summed E-state index contributed by atoms with van der Waals surface area (Å²) in [6.07, 6.45) is 0.839. The van der Waals surface area contributed by atoms with Crippen molar-refractivity contribution in [1.29, 1.82) is 0 Å².